The van der Waals surface area contributed by atoms with Crippen LogP contribution in [-0.4, -0.2) is 55.1 Å². The Kier molecular flexibility index (Phi) is 6.82. The van der Waals surface area contributed by atoms with Crippen LogP contribution in [0.25, 0.3) is 0 Å². The van der Waals surface area contributed by atoms with Crippen molar-refractivity contribution in [2.24, 2.45) is 5.41 Å². The van der Waals surface area contributed by atoms with E-state index in [2.05, 4.69) is 4.72 Å². The van der Waals surface area contributed by atoms with Gasteiger partial charge >= 0.3 is 6.09 Å². The summed E-state index contributed by atoms with van der Waals surface area (Å²) in [5, 5.41) is 21.6. The van der Waals surface area contributed by atoms with Crippen molar-refractivity contribution in [3.63, 3.8) is 0 Å². The Labute approximate surface area is 193 Å². The summed E-state index contributed by atoms with van der Waals surface area (Å²) in [7, 11) is -4.04. The van der Waals surface area contributed by atoms with E-state index in [1.807, 2.05) is 20.8 Å². The summed E-state index contributed by atoms with van der Waals surface area (Å²) >= 11 is 0. The van der Waals surface area contributed by atoms with Crippen LogP contribution in [0.1, 0.15) is 27.2 Å². The molecule has 1 atom stereocenters. The molecular formula is C22H28N4O6S. The van der Waals surface area contributed by atoms with E-state index in [-0.39, 0.29) is 22.8 Å². The summed E-state index contributed by atoms with van der Waals surface area (Å²) < 4.78 is 28.0. The molecule has 178 valence electrons. The van der Waals surface area contributed by atoms with Gasteiger partial charge in [0.2, 0.25) is 0 Å². The first-order valence-electron chi connectivity index (χ1n) is 10.5. The minimum absolute atomic E-state index is 0.226. The topological polar surface area (TPSA) is 133 Å². The summed E-state index contributed by atoms with van der Waals surface area (Å²) in [4.78, 5) is 26.0. The molecule has 33 heavy (non-hydrogen) atoms. The standard InChI is InChI=1S/C22H28N4O6S/c1-22(2,3)20-15-24(12-7-13-25(20)21(27)28)18-11-10-17(14-19(18)26(29)30)33(31,32)23-16-8-5-4-6-9-16/h4-6,8-11,14,20,23H,7,12-13,15H2,1-3H3,(H,27,28). The normalized spacial score (nSPS) is 17.4. The fourth-order valence-electron chi connectivity index (χ4n) is 3.98. The van der Waals surface area contributed by atoms with Crippen molar-refractivity contribution >= 4 is 33.2 Å². The van der Waals surface area contributed by atoms with Crippen LogP contribution < -0.4 is 9.62 Å². The summed E-state index contributed by atoms with van der Waals surface area (Å²) in [5.41, 5.74) is -0.139. The monoisotopic (exact) mass is 476 g/mol. The number of nitro benzene ring substituents is 1. The van der Waals surface area contributed by atoms with Crippen LogP contribution in [0.5, 0.6) is 0 Å². The molecule has 11 heteroatoms. The lowest BCUT2D eigenvalue weighted by Crippen LogP contribution is -2.51. The SMILES string of the molecule is CC(C)(C)C1CN(c2ccc(S(=O)(=O)Nc3ccccc3)cc2[N+](=O)[O-])CCCN1C(=O)O. The lowest BCUT2D eigenvalue weighted by Gasteiger charge is -2.39. The molecule has 2 aromatic carbocycles. The number of carbonyl (C=O) groups is 1. The number of carboxylic acid groups (broad SMARTS) is 1. The minimum Gasteiger partial charge on any atom is -0.465 e. The van der Waals surface area contributed by atoms with Gasteiger partial charge in [-0.05, 0) is 36.1 Å². The highest BCUT2D eigenvalue weighted by Crippen LogP contribution is 2.35. The maximum Gasteiger partial charge on any atom is 0.407 e. The van der Waals surface area contributed by atoms with E-state index < -0.39 is 32.5 Å². The predicted molar refractivity (Wildman–Crippen MR) is 125 cm³/mol. The number of hydrogen-bond acceptors (Lipinski definition) is 6. The highest BCUT2D eigenvalue weighted by Gasteiger charge is 2.38. The van der Waals surface area contributed by atoms with Crippen molar-refractivity contribution in [2.75, 3.05) is 29.3 Å². The van der Waals surface area contributed by atoms with Crippen LogP contribution in [-0.2, 0) is 10.0 Å². The second-order valence-corrected chi connectivity index (χ2v) is 10.7. The molecule has 1 heterocycles. The van der Waals surface area contributed by atoms with Crippen molar-refractivity contribution < 1.29 is 23.2 Å². The maximum absolute atomic E-state index is 12.8. The molecule has 0 radical (unpaired) electrons. The van der Waals surface area contributed by atoms with Crippen molar-refractivity contribution in [1.82, 2.24) is 4.90 Å². The second kappa shape index (κ2) is 9.26. The largest absolute Gasteiger partial charge is 0.465 e. The Morgan fingerprint density at radius 3 is 2.39 bits per heavy atom. The van der Waals surface area contributed by atoms with Gasteiger partial charge in [0.25, 0.3) is 15.7 Å². The molecule has 10 nitrogen and oxygen atoms in total. The second-order valence-electron chi connectivity index (χ2n) is 9.04. The molecule has 0 bridgehead atoms. The molecule has 0 aromatic heterocycles. The van der Waals surface area contributed by atoms with Gasteiger partial charge in [0.05, 0.1) is 15.9 Å². The zero-order valence-corrected chi connectivity index (χ0v) is 19.6. The number of anilines is 2. The zero-order chi connectivity index (χ0) is 24.4. The van der Waals surface area contributed by atoms with Gasteiger partial charge in [-0.15, -0.1) is 0 Å². The highest BCUT2D eigenvalue weighted by atomic mass is 32.2. The number of amides is 1. The highest BCUT2D eigenvalue weighted by molar-refractivity contribution is 7.92. The summed E-state index contributed by atoms with van der Waals surface area (Å²) in [6, 6.07) is 11.7. The van der Waals surface area contributed by atoms with Gasteiger partial charge in [0, 0.05) is 31.4 Å². The van der Waals surface area contributed by atoms with Gasteiger partial charge in [-0.1, -0.05) is 39.0 Å². The smallest absolute Gasteiger partial charge is 0.407 e. The first kappa shape index (κ1) is 24.3. The van der Waals surface area contributed by atoms with E-state index in [1.165, 1.54) is 17.0 Å². The van der Waals surface area contributed by atoms with Crippen LogP contribution in [0, 0.1) is 15.5 Å². The van der Waals surface area contributed by atoms with Crippen molar-refractivity contribution in [3.8, 4) is 0 Å². The fraction of sp³-hybridized carbons (Fsp3) is 0.409. The molecule has 1 fully saturated rings. The molecule has 3 rings (SSSR count). The van der Waals surface area contributed by atoms with E-state index in [9.17, 15) is 28.4 Å². The number of benzene rings is 2. The third-order valence-electron chi connectivity index (χ3n) is 5.66. The van der Waals surface area contributed by atoms with Crippen LogP contribution >= 0.6 is 0 Å². The first-order valence-corrected chi connectivity index (χ1v) is 12.0. The number of hydrogen-bond donors (Lipinski definition) is 2. The maximum atomic E-state index is 12.8. The summed E-state index contributed by atoms with van der Waals surface area (Å²) in [6.07, 6.45) is -0.536. The molecule has 2 N–H and O–H groups in total. The van der Waals surface area contributed by atoms with Gasteiger partial charge in [-0.2, -0.15) is 0 Å². The molecule has 0 aliphatic carbocycles. The van der Waals surface area contributed by atoms with Gasteiger partial charge in [-0.25, -0.2) is 13.2 Å². The Hall–Kier alpha value is -3.34. The third-order valence-corrected chi connectivity index (χ3v) is 7.04. The van der Waals surface area contributed by atoms with Crippen LogP contribution in [0.2, 0.25) is 0 Å². The third kappa shape index (κ3) is 5.54. The molecule has 0 spiro atoms. The Morgan fingerprint density at radius 1 is 1.15 bits per heavy atom. The van der Waals surface area contributed by atoms with Crippen molar-refractivity contribution in [2.45, 2.75) is 38.1 Å². The van der Waals surface area contributed by atoms with E-state index in [4.69, 9.17) is 0 Å². The Morgan fingerprint density at radius 2 is 1.82 bits per heavy atom. The minimum atomic E-state index is -4.04. The van der Waals surface area contributed by atoms with Gasteiger partial charge in [-0.3, -0.25) is 14.8 Å². The number of nitrogens with one attached hydrogen (secondary N) is 1. The first-order chi connectivity index (χ1) is 15.4. The fourth-order valence-corrected chi connectivity index (χ4v) is 5.06. The molecule has 0 saturated carbocycles. The number of para-hydroxylation sites is 1. The van der Waals surface area contributed by atoms with Crippen LogP contribution in [0.3, 0.4) is 0 Å². The van der Waals surface area contributed by atoms with E-state index in [0.29, 0.717) is 25.2 Å². The lowest BCUT2D eigenvalue weighted by molar-refractivity contribution is -0.384. The Bertz CT molecular complexity index is 1130. The van der Waals surface area contributed by atoms with Gasteiger partial charge < -0.3 is 14.9 Å². The average molecular weight is 477 g/mol. The molecule has 2 aromatic rings. The van der Waals surface area contributed by atoms with Crippen LogP contribution in [0.15, 0.2) is 53.4 Å². The quantitative estimate of drug-likeness (QED) is 0.492. The summed E-state index contributed by atoms with van der Waals surface area (Å²) in [5.74, 6) is 0. The van der Waals surface area contributed by atoms with E-state index in [1.54, 1.807) is 35.2 Å². The van der Waals surface area contributed by atoms with Gasteiger partial charge in [0.1, 0.15) is 5.69 Å². The number of sulfonamides is 1. The summed E-state index contributed by atoms with van der Waals surface area (Å²) in [6.45, 7) is 6.76. The number of rotatable bonds is 5. The zero-order valence-electron chi connectivity index (χ0n) is 18.8. The van der Waals surface area contributed by atoms with Gasteiger partial charge in [0.15, 0.2) is 0 Å². The predicted octanol–water partition coefficient (Wildman–Crippen LogP) is 4.00. The van der Waals surface area contributed by atoms with E-state index >= 15 is 0 Å². The molecule has 1 amide bonds. The van der Waals surface area contributed by atoms with Crippen molar-refractivity contribution in [3.05, 3.63) is 58.6 Å². The number of nitrogens with zero attached hydrogens (tertiary/aromatic N) is 3. The molecule has 1 saturated heterocycles. The van der Waals surface area contributed by atoms with E-state index in [0.717, 1.165) is 6.07 Å². The molecule has 1 aliphatic rings. The van der Waals surface area contributed by atoms with Crippen molar-refractivity contribution in [1.29, 1.82) is 0 Å². The number of nitro groups is 1. The average Bonchev–Trinajstić information content (AvgIpc) is 2.97. The lowest BCUT2D eigenvalue weighted by atomic mass is 9.85. The molecule has 1 unspecified atom stereocenters. The molecular weight excluding hydrogens is 448 g/mol. The van der Waals surface area contributed by atoms with Crippen LogP contribution in [0.4, 0.5) is 21.9 Å². The Balaban J connectivity index is 1.98. The molecule has 1 aliphatic heterocycles.